The van der Waals surface area contributed by atoms with Crippen LogP contribution in [0.5, 0.6) is 0 Å². The highest BCUT2D eigenvalue weighted by Gasteiger charge is 2.43. The quantitative estimate of drug-likeness (QED) is 0.532. The minimum Gasteiger partial charge on any atom is -0.392 e. The Hall–Kier alpha value is -0.290. The number of hydrogen-bond acceptors (Lipinski definition) is 3. The lowest BCUT2D eigenvalue weighted by atomic mass is 9.85. The summed E-state index contributed by atoms with van der Waals surface area (Å²) in [5.41, 5.74) is 5.22. The fraction of sp³-hybridized carbons (Fsp3) is 0.846. The van der Waals surface area contributed by atoms with Crippen molar-refractivity contribution in [3.63, 3.8) is 0 Å². The van der Waals surface area contributed by atoms with Gasteiger partial charge in [-0.2, -0.15) is 11.8 Å². The van der Waals surface area contributed by atoms with E-state index in [0.717, 1.165) is 38.6 Å². The molecular formula is C13H24N2OS2. The highest BCUT2D eigenvalue weighted by molar-refractivity contribution is 7.98. The minimum atomic E-state index is -0.547. The molecule has 0 aromatic rings. The van der Waals surface area contributed by atoms with E-state index in [1.54, 1.807) is 0 Å². The molecule has 1 rings (SSSR count). The number of carbonyl (C=O) groups excluding carboxylic acids is 1. The standard InChI is InChI=1S/C13H24N2OS2/c1-18-10-6-2-5-9-15-12(16)13(11(14)17)7-3-4-8-13/h2-10H2,1H3,(H2,14,17)(H,15,16). The van der Waals surface area contributed by atoms with Gasteiger partial charge in [0.2, 0.25) is 5.91 Å². The van der Waals surface area contributed by atoms with Crippen LogP contribution >= 0.6 is 24.0 Å². The van der Waals surface area contributed by atoms with E-state index in [1.807, 2.05) is 11.8 Å². The summed E-state index contributed by atoms with van der Waals surface area (Å²) in [6.45, 7) is 0.748. The predicted molar refractivity (Wildman–Crippen MR) is 82.9 cm³/mol. The van der Waals surface area contributed by atoms with Crippen molar-refractivity contribution in [3.8, 4) is 0 Å². The van der Waals surface area contributed by atoms with Gasteiger partial charge in [-0.15, -0.1) is 0 Å². The molecule has 0 aromatic heterocycles. The molecule has 3 nitrogen and oxygen atoms in total. The van der Waals surface area contributed by atoms with Gasteiger partial charge in [0.15, 0.2) is 0 Å². The lowest BCUT2D eigenvalue weighted by Gasteiger charge is -2.26. The van der Waals surface area contributed by atoms with E-state index >= 15 is 0 Å². The monoisotopic (exact) mass is 288 g/mol. The third-order valence-electron chi connectivity index (χ3n) is 3.67. The first kappa shape index (κ1) is 15.8. The fourth-order valence-corrected chi connectivity index (χ4v) is 3.27. The van der Waals surface area contributed by atoms with Crippen molar-refractivity contribution in [3.05, 3.63) is 0 Å². The van der Waals surface area contributed by atoms with Gasteiger partial charge in [-0.05, 0) is 37.7 Å². The average molecular weight is 288 g/mol. The summed E-state index contributed by atoms with van der Waals surface area (Å²) in [6.07, 6.45) is 9.30. The van der Waals surface area contributed by atoms with Crippen molar-refractivity contribution < 1.29 is 4.79 Å². The van der Waals surface area contributed by atoms with Gasteiger partial charge in [0, 0.05) is 6.54 Å². The zero-order chi connectivity index (χ0) is 13.4. The Morgan fingerprint density at radius 1 is 1.33 bits per heavy atom. The molecule has 1 amide bonds. The molecule has 104 valence electrons. The minimum absolute atomic E-state index is 0.0531. The predicted octanol–water partition coefficient (Wildman–Crippen LogP) is 2.48. The molecule has 1 aliphatic carbocycles. The zero-order valence-corrected chi connectivity index (χ0v) is 12.8. The molecule has 1 aliphatic rings. The summed E-state index contributed by atoms with van der Waals surface area (Å²) in [6, 6.07) is 0. The van der Waals surface area contributed by atoms with Crippen LogP contribution in [-0.2, 0) is 4.79 Å². The van der Waals surface area contributed by atoms with E-state index in [-0.39, 0.29) is 5.91 Å². The van der Waals surface area contributed by atoms with E-state index < -0.39 is 5.41 Å². The number of nitrogens with two attached hydrogens (primary N) is 1. The normalized spacial score (nSPS) is 17.6. The van der Waals surface area contributed by atoms with E-state index in [1.165, 1.54) is 18.6 Å². The lowest BCUT2D eigenvalue weighted by Crippen LogP contribution is -2.47. The molecule has 5 heteroatoms. The van der Waals surface area contributed by atoms with Crippen LogP contribution < -0.4 is 11.1 Å². The summed E-state index contributed by atoms with van der Waals surface area (Å²) < 4.78 is 0. The van der Waals surface area contributed by atoms with Crippen LogP contribution in [-0.4, -0.2) is 29.4 Å². The third kappa shape index (κ3) is 4.12. The molecule has 0 bridgehead atoms. The van der Waals surface area contributed by atoms with Gasteiger partial charge < -0.3 is 11.1 Å². The summed E-state index contributed by atoms with van der Waals surface area (Å²) >= 11 is 6.96. The number of carbonyl (C=O) groups is 1. The maximum absolute atomic E-state index is 12.2. The number of amides is 1. The number of unbranched alkanes of at least 4 members (excludes halogenated alkanes) is 2. The Morgan fingerprint density at radius 3 is 2.56 bits per heavy atom. The number of rotatable bonds is 8. The first-order valence-electron chi connectivity index (χ1n) is 6.70. The molecule has 1 fully saturated rings. The van der Waals surface area contributed by atoms with E-state index in [9.17, 15) is 4.79 Å². The van der Waals surface area contributed by atoms with Crippen LogP contribution in [0.3, 0.4) is 0 Å². The van der Waals surface area contributed by atoms with E-state index in [2.05, 4.69) is 11.6 Å². The second-order valence-electron chi connectivity index (χ2n) is 4.96. The summed E-state index contributed by atoms with van der Waals surface area (Å²) in [5.74, 6) is 1.25. The summed E-state index contributed by atoms with van der Waals surface area (Å²) in [4.78, 5) is 12.6. The van der Waals surface area contributed by atoms with Crippen LogP contribution in [0.1, 0.15) is 44.9 Å². The average Bonchev–Trinajstić information content (AvgIpc) is 2.84. The van der Waals surface area contributed by atoms with Gasteiger partial charge in [-0.3, -0.25) is 4.79 Å². The SMILES string of the molecule is CSCCCCCNC(=O)C1(C(N)=S)CCCC1. The van der Waals surface area contributed by atoms with Crippen LogP contribution in [0.2, 0.25) is 0 Å². The van der Waals surface area contributed by atoms with Crippen LogP contribution in [0, 0.1) is 5.41 Å². The van der Waals surface area contributed by atoms with Crippen molar-refractivity contribution in [2.45, 2.75) is 44.9 Å². The largest absolute Gasteiger partial charge is 0.392 e. The highest BCUT2D eigenvalue weighted by atomic mass is 32.2. The fourth-order valence-electron chi connectivity index (χ4n) is 2.48. The Bertz CT molecular complexity index is 289. The van der Waals surface area contributed by atoms with Crippen molar-refractivity contribution in [2.24, 2.45) is 11.1 Å². The molecule has 0 radical (unpaired) electrons. The van der Waals surface area contributed by atoms with Gasteiger partial charge in [0.1, 0.15) is 0 Å². The maximum atomic E-state index is 12.2. The molecule has 18 heavy (non-hydrogen) atoms. The van der Waals surface area contributed by atoms with Gasteiger partial charge in [0.05, 0.1) is 10.4 Å². The van der Waals surface area contributed by atoms with Crippen molar-refractivity contribution in [1.29, 1.82) is 0 Å². The number of thioether (sulfide) groups is 1. The van der Waals surface area contributed by atoms with Crippen molar-refractivity contribution >= 4 is 34.9 Å². The van der Waals surface area contributed by atoms with Crippen LogP contribution in [0.4, 0.5) is 0 Å². The summed E-state index contributed by atoms with van der Waals surface area (Å²) in [5, 5.41) is 3.01. The van der Waals surface area contributed by atoms with Gasteiger partial charge >= 0.3 is 0 Å². The Labute approximate surface area is 120 Å². The Morgan fingerprint density at radius 2 is 2.00 bits per heavy atom. The second-order valence-corrected chi connectivity index (χ2v) is 6.39. The second kappa shape index (κ2) is 8.00. The number of thiocarbonyl (C=S) groups is 1. The first-order valence-corrected chi connectivity index (χ1v) is 8.51. The molecule has 0 aromatic carbocycles. The molecular weight excluding hydrogens is 264 g/mol. The number of nitrogens with one attached hydrogen (secondary N) is 1. The topological polar surface area (TPSA) is 55.1 Å². The number of hydrogen-bond donors (Lipinski definition) is 2. The maximum Gasteiger partial charge on any atom is 0.233 e. The molecule has 1 saturated carbocycles. The molecule has 0 saturated heterocycles. The molecule has 0 unspecified atom stereocenters. The zero-order valence-electron chi connectivity index (χ0n) is 11.2. The first-order chi connectivity index (χ1) is 8.63. The van der Waals surface area contributed by atoms with E-state index in [0.29, 0.717) is 4.99 Å². The van der Waals surface area contributed by atoms with Crippen LogP contribution in [0.25, 0.3) is 0 Å². The van der Waals surface area contributed by atoms with Gasteiger partial charge in [0.25, 0.3) is 0 Å². The van der Waals surface area contributed by atoms with Crippen molar-refractivity contribution in [1.82, 2.24) is 5.32 Å². The molecule has 0 spiro atoms. The molecule has 0 heterocycles. The highest BCUT2D eigenvalue weighted by Crippen LogP contribution is 2.38. The smallest absolute Gasteiger partial charge is 0.233 e. The Kier molecular flexibility index (Phi) is 7.00. The van der Waals surface area contributed by atoms with E-state index in [4.69, 9.17) is 18.0 Å². The molecule has 0 aliphatic heterocycles. The van der Waals surface area contributed by atoms with Crippen LogP contribution in [0.15, 0.2) is 0 Å². The Balaban J connectivity index is 2.28. The summed E-state index contributed by atoms with van der Waals surface area (Å²) in [7, 11) is 0. The van der Waals surface area contributed by atoms with Gasteiger partial charge in [-0.25, -0.2) is 0 Å². The lowest BCUT2D eigenvalue weighted by molar-refractivity contribution is -0.127. The molecule has 3 N–H and O–H groups in total. The van der Waals surface area contributed by atoms with Crippen molar-refractivity contribution in [2.75, 3.05) is 18.6 Å². The van der Waals surface area contributed by atoms with Gasteiger partial charge in [-0.1, -0.05) is 31.5 Å². The molecule has 0 atom stereocenters. The third-order valence-corrected chi connectivity index (χ3v) is 4.76.